The quantitative estimate of drug-likeness (QED) is 0.723. The maximum atomic E-state index is 13.0. The monoisotopic (exact) mass is 383 g/mol. The number of methoxy groups -OCH3 is 1. The van der Waals surface area contributed by atoms with Gasteiger partial charge in [-0.3, -0.25) is 9.59 Å². The number of nitrogens with zero attached hydrogens (tertiary/aromatic N) is 1. The number of rotatable bonds is 5. The lowest BCUT2D eigenvalue weighted by molar-refractivity contribution is -0.144. The van der Waals surface area contributed by atoms with Gasteiger partial charge in [0, 0.05) is 17.7 Å². The van der Waals surface area contributed by atoms with E-state index in [0.717, 1.165) is 12.8 Å². The smallest absolute Gasteiger partial charge is 0.314 e. The predicted octanol–water partition coefficient (Wildman–Crippen LogP) is 3.88. The van der Waals surface area contributed by atoms with Crippen LogP contribution in [0.2, 0.25) is 10.0 Å². The lowest BCUT2D eigenvalue weighted by Crippen LogP contribution is -2.45. The highest BCUT2D eigenvalue weighted by Gasteiger charge is 2.49. The maximum Gasteiger partial charge on any atom is 0.314 e. The molecule has 0 unspecified atom stereocenters. The van der Waals surface area contributed by atoms with E-state index in [2.05, 4.69) is 0 Å². The van der Waals surface area contributed by atoms with Crippen molar-refractivity contribution in [2.24, 2.45) is 5.92 Å². The van der Waals surface area contributed by atoms with E-state index >= 15 is 0 Å². The van der Waals surface area contributed by atoms with Crippen molar-refractivity contribution in [3.05, 3.63) is 39.6 Å². The molecule has 1 aromatic carbocycles. The highest BCUT2D eigenvalue weighted by molar-refractivity contribution is 6.38. The number of amides is 1. The molecule has 1 heterocycles. The Morgan fingerprint density at radius 1 is 1.32 bits per heavy atom. The van der Waals surface area contributed by atoms with Crippen LogP contribution in [-0.4, -0.2) is 36.2 Å². The van der Waals surface area contributed by atoms with Crippen molar-refractivity contribution >= 4 is 40.7 Å². The normalized spacial score (nSPS) is 19.6. The minimum Gasteiger partial charge on any atom is -0.427 e. The fraction of sp³-hybridized carbons (Fsp3) is 0.444. The van der Waals surface area contributed by atoms with E-state index in [9.17, 15) is 9.59 Å². The molecule has 1 aromatic rings. The molecule has 1 saturated carbocycles. The molecule has 2 aliphatic rings. The molecule has 0 radical (unpaired) electrons. The first-order chi connectivity index (χ1) is 11.8. The van der Waals surface area contributed by atoms with Gasteiger partial charge in [0.15, 0.2) is 0 Å². The van der Waals surface area contributed by atoms with Crippen LogP contribution < -0.4 is 0 Å². The number of carbonyl (C=O) groups excluding carboxylic acids is 2. The van der Waals surface area contributed by atoms with Gasteiger partial charge in [-0.25, -0.2) is 0 Å². The molecular formula is C18H19Cl2NO4. The summed E-state index contributed by atoms with van der Waals surface area (Å²) in [5, 5.41) is 0.787. The SMILES string of the molecule is COCN1C(=O)C(c2ccc(Cl)cc2Cl)=C(OC(=O)C2CC2)C1(C)C. The van der Waals surface area contributed by atoms with Crippen LogP contribution in [0.25, 0.3) is 5.57 Å². The van der Waals surface area contributed by atoms with E-state index < -0.39 is 5.54 Å². The van der Waals surface area contributed by atoms with Gasteiger partial charge in [0.05, 0.1) is 22.1 Å². The van der Waals surface area contributed by atoms with Gasteiger partial charge in [-0.05, 0) is 38.8 Å². The van der Waals surface area contributed by atoms with Gasteiger partial charge in [-0.2, -0.15) is 0 Å². The first-order valence-electron chi connectivity index (χ1n) is 8.00. The molecule has 1 amide bonds. The Morgan fingerprint density at radius 2 is 2.00 bits per heavy atom. The van der Waals surface area contributed by atoms with Crippen molar-refractivity contribution in [1.82, 2.24) is 4.90 Å². The van der Waals surface area contributed by atoms with Gasteiger partial charge >= 0.3 is 5.97 Å². The summed E-state index contributed by atoms with van der Waals surface area (Å²) in [6.07, 6.45) is 1.64. The van der Waals surface area contributed by atoms with Crippen molar-refractivity contribution in [2.45, 2.75) is 32.2 Å². The third kappa shape index (κ3) is 3.28. The van der Waals surface area contributed by atoms with Crippen molar-refractivity contribution in [3.63, 3.8) is 0 Å². The van der Waals surface area contributed by atoms with Gasteiger partial charge in [0.1, 0.15) is 12.5 Å². The molecule has 25 heavy (non-hydrogen) atoms. The standard InChI is InChI=1S/C18H19Cl2NO4/c1-18(2)15(25-17(23)10-4-5-10)14(16(22)21(18)9-24-3)12-7-6-11(19)8-13(12)20/h6-8,10H,4-5,9H2,1-3H3. The van der Waals surface area contributed by atoms with E-state index in [1.165, 1.54) is 12.0 Å². The second-order valence-corrected chi connectivity index (χ2v) is 7.58. The molecule has 0 saturated heterocycles. The predicted molar refractivity (Wildman–Crippen MR) is 95.0 cm³/mol. The van der Waals surface area contributed by atoms with Gasteiger partial charge in [-0.1, -0.05) is 29.3 Å². The zero-order valence-electron chi connectivity index (χ0n) is 14.3. The summed E-state index contributed by atoms with van der Waals surface area (Å²) in [6.45, 7) is 3.71. The second-order valence-electron chi connectivity index (χ2n) is 6.73. The van der Waals surface area contributed by atoms with Gasteiger partial charge in [-0.15, -0.1) is 0 Å². The van der Waals surface area contributed by atoms with E-state index in [-0.39, 0.29) is 30.1 Å². The third-order valence-electron chi connectivity index (χ3n) is 4.49. The number of esters is 1. The summed E-state index contributed by atoms with van der Waals surface area (Å²) in [5.74, 6) is -0.389. The lowest BCUT2D eigenvalue weighted by atomic mass is 9.98. The average molecular weight is 384 g/mol. The first kappa shape index (κ1) is 18.2. The Bertz CT molecular complexity index is 768. The number of hydrogen-bond donors (Lipinski definition) is 0. The average Bonchev–Trinajstić information content (AvgIpc) is 3.35. The Morgan fingerprint density at radius 3 is 2.56 bits per heavy atom. The van der Waals surface area contributed by atoms with Crippen LogP contribution >= 0.6 is 23.2 Å². The highest BCUT2D eigenvalue weighted by atomic mass is 35.5. The van der Waals surface area contributed by atoms with Crippen LogP contribution in [0.15, 0.2) is 24.0 Å². The fourth-order valence-corrected chi connectivity index (χ4v) is 3.38. The van der Waals surface area contributed by atoms with E-state index in [0.29, 0.717) is 21.4 Å². The molecule has 1 aliphatic carbocycles. The van der Waals surface area contributed by atoms with E-state index in [1.54, 1.807) is 18.2 Å². The Hall–Kier alpha value is -1.56. The maximum absolute atomic E-state index is 13.0. The topological polar surface area (TPSA) is 55.8 Å². The molecule has 3 rings (SSSR count). The fourth-order valence-electron chi connectivity index (χ4n) is 2.87. The molecular weight excluding hydrogens is 365 g/mol. The van der Waals surface area contributed by atoms with Gasteiger partial charge in [0.2, 0.25) is 0 Å². The molecule has 0 spiro atoms. The zero-order valence-corrected chi connectivity index (χ0v) is 15.8. The summed E-state index contributed by atoms with van der Waals surface area (Å²) in [4.78, 5) is 26.8. The number of ether oxygens (including phenoxy) is 2. The summed E-state index contributed by atoms with van der Waals surface area (Å²) in [7, 11) is 1.51. The molecule has 7 heteroatoms. The molecule has 0 bridgehead atoms. The van der Waals surface area contributed by atoms with Crippen molar-refractivity contribution in [3.8, 4) is 0 Å². The summed E-state index contributed by atoms with van der Waals surface area (Å²) < 4.78 is 10.8. The number of hydrogen-bond acceptors (Lipinski definition) is 4. The van der Waals surface area contributed by atoms with Gasteiger partial charge in [0.25, 0.3) is 5.91 Å². The minimum absolute atomic E-state index is 0.0744. The van der Waals surface area contributed by atoms with Crippen LogP contribution in [-0.2, 0) is 19.1 Å². The molecule has 0 aromatic heterocycles. The largest absolute Gasteiger partial charge is 0.427 e. The molecule has 1 fully saturated rings. The molecule has 0 atom stereocenters. The van der Waals surface area contributed by atoms with Crippen LogP contribution in [0.4, 0.5) is 0 Å². The highest BCUT2D eigenvalue weighted by Crippen LogP contribution is 2.44. The zero-order chi connectivity index (χ0) is 18.4. The molecule has 134 valence electrons. The number of benzene rings is 1. The lowest BCUT2D eigenvalue weighted by Gasteiger charge is -2.32. The second kappa shape index (κ2) is 6.63. The number of carbonyl (C=O) groups is 2. The molecule has 5 nitrogen and oxygen atoms in total. The Balaban J connectivity index is 2.11. The summed E-state index contributed by atoms with van der Waals surface area (Å²) in [5.41, 5.74) is -0.0743. The minimum atomic E-state index is -0.837. The van der Waals surface area contributed by atoms with Crippen molar-refractivity contribution < 1.29 is 19.1 Å². The summed E-state index contributed by atoms with van der Waals surface area (Å²) >= 11 is 12.3. The summed E-state index contributed by atoms with van der Waals surface area (Å²) in [6, 6.07) is 4.87. The van der Waals surface area contributed by atoms with Crippen molar-refractivity contribution in [2.75, 3.05) is 13.8 Å². The Kier molecular flexibility index (Phi) is 4.84. The van der Waals surface area contributed by atoms with E-state index in [4.69, 9.17) is 32.7 Å². The van der Waals surface area contributed by atoms with Crippen LogP contribution in [0, 0.1) is 5.92 Å². The third-order valence-corrected chi connectivity index (χ3v) is 5.04. The van der Waals surface area contributed by atoms with Crippen molar-refractivity contribution in [1.29, 1.82) is 0 Å². The first-order valence-corrected chi connectivity index (χ1v) is 8.75. The number of halogens is 2. The van der Waals surface area contributed by atoms with Crippen LogP contribution in [0.1, 0.15) is 32.3 Å². The van der Waals surface area contributed by atoms with Crippen LogP contribution in [0.5, 0.6) is 0 Å². The van der Waals surface area contributed by atoms with Gasteiger partial charge < -0.3 is 14.4 Å². The van der Waals surface area contributed by atoms with E-state index in [1.807, 2.05) is 13.8 Å². The van der Waals surface area contributed by atoms with Crippen LogP contribution in [0.3, 0.4) is 0 Å². The molecule has 1 aliphatic heterocycles. The Labute approximate surface area is 156 Å². The molecule has 0 N–H and O–H groups in total.